The van der Waals surface area contributed by atoms with Crippen molar-refractivity contribution in [3.8, 4) is 0 Å². The molecule has 1 aliphatic carbocycles. The number of thioether (sulfide) groups is 1. The van der Waals surface area contributed by atoms with Gasteiger partial charge in [-0.3, -0.25) is 4.79 Å². The second-order valence-corrected chi connectivity index (χ2v) is 5.34. The summed E-state index contributed by atoms with van der Waals surface area (Å²) in [5.41, 5.74) is 0. The summed E-state index contributed by atoms with van der Waals surface area (Å²) in [6, 6.07) is 0. The molecule has 2 nitrogen and oxygen atoms in total. The lowest BCUT2D eigenvalue weighted by Gasteiger charge is -2.20. The molecule has 0 heterocycles. The summed E-state index contributed by atoms with van der Waals surface area (Å²) in [4.78, 5) is 13.3. The number of rotatable bonds is 4. The Hall–Kier alpha value is -0.0200. The molecule has 0 N–H and O–H groups in total. The molecule has 0 amide bonds. The monoisotopic (exact) mass is 201 g/mol. The molecule has 1 unspecified atom stereocenters. The molecule has 0 saturated heterocycles. The predicted molar refractivity (Wildman–Crippen MR) is 58.3 cm³/mol. The molecule has 0 bridgehead atoms. The highest BCUT2D eigenvalue weighted by Crippen LogP contribution is 2.26. The van der Waals surface area contributed by atoms with Crippen molar-refractivity contribution in [2.75, 3.05) is 26.4 Å². The molecule has 1 atom stereocenters. The molecule has 1 fully saturated rings. The first-order chi connectivity index (χ1) is 6.18. The van der Waals surface area contributed by atoms with Gasteiger partial charge in [0.15, 0.2) is 0 Å². The van der Waals surface area contributed by atoms with Crippen LogP contribution in [0.2, 0.25) is 0 Å². The van der Waals surface area contributed by atoms with Crippen LogP contribution in [0.25, 0.3) is 0 Å². The highest BCUT2D eigenvalue weighted by molar-refractivity contribution is 7.99. The van der Waals surface area contributed by atoms with E-state index in [2.05, 4.69) is 19.0 Å². The number of carbonyl (C=O) groups excluding carboxylic acids is 1. The Bertz CT molecular complexity index is 170. The van der Waals surface area contributed by atoms with Crippen LogP contribution in [0.1, 0.15) is 25.7 Å². The number of hydrogen-bond donors (Lipinski definition) is 0. The standard InChI is InChI=1S/C10H19NOS/c1-11(2)6-7-13-10-5-3-4-9(12)8-10/h10H,3-8H2,1-2H3. The Morgan fingerprint density at radius 1 is 1.54 bits per heavy atom. The van der Waals surface area contributed by atoms with Crippen LogP contribution in [0.5, 0.6) is 0 Å². The Balaban J connectivity index is 2.10. The summed E-state index contributed by atoms with van der Waals surface area (Å²) < 4.78 is 0. The van der Waals surface area contributed by atoms with Crippen LogP contribution in [0.15, 0.2) is 0 Å². The predicted octanol–water partition coefficient (Wildman–Crippen LogP) is 1.79. The number of Topliss-reactive ketones (excluding diaryl/α,β-unsaturated/α-hetero) is 1. The first kappa shape index (κ1) is 11.1. The number of ketones is 1. The van der Waals surface area contributed by atoms with Gasteiger partial charge in [0.2, 0.25) is 0 Å². The highest BCUT2D eigenvalue weighted by atomic mass is 32.2. The average Bonchev–Trinajstić information content (AvgIpc) is 2.03. The van der Waals surface area contributed by atoms with Crippen LogP contribution in [0.4, 0.5) is 0 Å². The summed E-state index contributed by atoms with van der Waals surface area (Å²) >= 11 is 1.97. The third-order valence-electron chi connectivity index (χ3n) is 2.33. The van der Waals surface area contributed by atoms with Gasteiger partial charge in [-0.05, 0) is 26.9 Å². The van der Waals surface area contributed by atoms with E-state index in [9.17, 15) is 4.79 Å². The largest absolute Gasteiger partial charge is 0.309 e. The fourth-order valence-electron chi connectivity index (χ4n) is 1.53. The Morgan fingerprint density at radius 2 is 2.31 bits per heavy atom. The maximum atomic E-state index is 11.1. The van der Waals surface area contributed by atoms with E-state index in [-0.39, 0.29) is 0 Å². The van der Waals surface area contributed by atoms with Crippen molar-refractivity contribution < 1.29 is 4.79 Å². The van der Waals surface area contributed by atoms with Crippen LogP contribution in [0, 0.1) is 0 Å². The zero-order valence-corrected chi connectivity index (χ0v) is 9.40. The Kier molecular flexibility index (Phi) is 4.81. The number of carbonyl (C=O) groups is 1. The first-order valence-electron chi connectivity index (χ1n) is 4.96. The van der Waals surface area contributed by atoms with Gasteiger partial charge in [-0.1, -0.05) is 0 Å². The zero-order valence-electron chi connectivity index (χ0n) is 8.58. The lowest BCUT2D eigenvalue weighted by Crippen LogP contribution is -2.20. The fraction of sp³-hybridized carbons (Fsp3) is 0.900. The van der Waals surface area contributed by atoms with Crippen molar-refractivity contribution in [2.24, 2.45) is 0 Å². The summed E-state index contributed by atoms with van der Waals surface area (Å²) in [6.07, 6.45) is 3.99. The lowest BCUT2D eigenvalue weighted by atomic mass is 9.99. The maximum absolute atomic E-state index is 11.1. The molecule has 1 rings (SSSR count). The SMILES string of the molecule is CN(C)CCSC1CCCC(=O)C1. The van der Waals surface area contributed by atoms with Gasteiger partial charge in [-0.15, -0.1) is 0 Å². The van der Waals surface area contributed by atoms with Gasteiger partial charge in [-0.2, -0.15) is 11.8 Å². The highest BCUT2D eigenvalue weighted by Gasteiger charge is 2.19. The smallest absolute Gasteiger partial charge is 0.134 e. The van der Waals surface area contributed by atoms with E-state index in [4.69, 9.17) is 0 Å². The van der Waals surface area contributed by atoms with Crippen LogP contribution in [-0.2, 0) is 4.79 Å². The average molecular weight is 201 g/mol. The van der Waals surface area contributed by atoms with E-state index < -0.39 is 0 Å². The molecular weight excluding hydrogens is 182 g/mol. The molecule has 1 saturated carbocycles. The number of hydrogen-bond acceptors (Lipinski definition) is 3. The van der Waals surface area contributed by atoms with Gasteiger partial charge < -0.3 is 4.90 Å². The summed E-state index contributed by atoms with van der Waals surface area (Å²) in [7, 11) is 4.18. The van der Waals surface area contributed by atoms with Crippen molar-refractivity contribution in [3.05, 3.63) is 0 Å². The second-order valence-electron chi connectivity index (χ2n) is 3.93. The Morgan fingerprint density at radius 3 is 2.92 bits per heavy atom. The zero-order chi connectivity index (χ0) is 9.68. The van der Waals surface area contributed by atoms with Gasteiger partial charge in [0, 0.05) is 30.4 Å². The third kappa shape index (κ3) is 4.67. The molecule has 0 aromatic rings. The van der Waals surface area contributed by atoms with E-state index in [1.165, 1.54) is 6.42 Å². The van der Waals surface area contributed by atoms with Gasteiger partial charge in [0.25, 0.3) is 0 Å². The molecule has 0 radical (unpaired) electrons. The lowest BCUT2D eigenvalue weighted by molar-refractivity contribution is -0.120. The fourth-order valence-corrected chi connectivity index (χ4v) is 2.97. The molecule has 13 heavy (non-hydrogen) atoms. The summed E-state index contributed by atoms with van der Waals surface area (Å²) in [6.45, 7) is 1.12. The Labute approximate surface area is 85.1 Å². The van der Waals surface area contributed by atoms with E-state index in [1.807, 2.05) is 11.8 Å². The molecular formula is C10H19NOS. The number of nitrogens with zero attached hydrogens (tertiary/aromatic N) is 1. The van der Waals surface area contributed by atoms with Crippen LogP contribution in [0.3, 0.4) is 0 Å². The van der Waals surface area contributed by atoms with E-state index >= 15 is 0 Å². The summed E-state index contributed by atoms with van der Waals surface area (Å²) in [5.74, 6) is 1.62. The molecule has 0 aliphatic heterocycles. The van der Waals surface area contributed by atoms with E-state index in [1.54, 1.807) is 0 Å². The first-order valence-corrected chi connectivity index (χ1v) is 6.01. The van der Waals surface area contributed by atoms with Crippen molar-refractivity contribution in [1.82, 2.24) is 4.90 Å². The van der Waals surface area contributed by atoms with E-state index in [0.717, 1.165) is 31.6 Å². The molecule has 3 heteroatoms. The van der Waals surface area contributed by atoms with Crippen molar-refractivity contribution >= 4 is 17.5 Å². The molecule has 1 aliphatic rings. The topological polar surface area (TPSA) is 20.3 Å². The third-order valence-corrected chi connectivity index (χ3v) is 3.62. The van der Waals surface area contributed by atoms with Gasteiger partial charge in [0.05, 0.1) is 0 Å². The van der Waals surface area contributed by atoms with E-state index in [0.29, 0.717) is 11.0 Å². The second kappa shape index (κ2) is 5.66. The van der Waals surface area contributed by atoms with Crippen molar-refractivity contribution in [3.63, 3.8) is 0 Å². The minimum Gasteiger partial charge on any atom is -0.309 e. The van der Waals surface area contributed by atoms with Crippen molar-refractivity contribution in [1.29, 1.82) is 0 Å². The maximum Gasteiger partial charge on any atom is 0.134 e. The molecule has 0 aromatic carbocycles. The molecule has 76 valence electrons. The molecule has 0 aromatic heterocycles. The molecule has 0 spiro atoms. The van der Waals surface area contributed by atoms with Crippen LogP contribution >= 0.6 is 11.8 Å². The minimum atomic E-state index is 0.466. The quantitative estimate of drug-likeness (QED) is 0.691. The van der Waals surface area contributed by atoms with Gasteiger partial charge in [0.1, 0.15) is 5.78 Å². The van der Waals surface area contributed by atoms with Crippen LogP contribution in [-0.4, -0.2) is 42.3 Å². The van der Waals surface area contributed by atoms with Gasteiger partial charge in [-0.25, -0.2) is 0 Å². The van der Waals surface area contributed by atoms with Gasteiger partial charge >= 0.3 is 0 Å². The summed E-state index contributed by atoms with van der Waals surface area (Å²) in [5, 5.41) is 0.612. The van der Waals surface area contributed by atoms with Crippen LogP contribution < -0.4 is 0 Å². The normalized spacial score (nSPS) is 23.9. The minimum absolute atomic E-state index is 0.466. The van der Waals surface area contributed by atoms with Crippen molar-refractivity contribution in [2.45, 2.75) is 30.9 Å².